The lowest BCUT2D eigenvalue weighted by atomic mass is 10.2. The number of aromatic nitrogens is 4. The summed E-state index contributed by atoms with van der Waals surface area (Å²) in [5.74, 6) is 0.340. The number of benzene rings is 1. The number of rotatable bonds is 2. The van der Waals surface area contributed by atoms with Crippen LogP contribution in [0.5, 0.6) is 0 Å². The zero-order valence-corrected chi connectivity index (χ0v) is 10.9. The lowest BCUT2D eigenvalue weighted by molar-refractivity contribution is 1.03. The van der Waals surface area contributed by atoms with Gasteiger partial charge in [0.25, 0.3) is 0 Å². The highest BCUT2D eigenvalue weighted by molar-refractivity contribution is 7.00. The summed E-state index contributed by atoms with van der Waals surface area (Å²) in [5, 5.41) is 20.1. The minimum atomic E-state index is 0.340. The number of nitrogens with one attached hydrogen (secondary N) is 1. The Morgan fingerprint density at radius 3 is 3.00 bits per heavy atom. The molecule has 3 aromatic rings. The van der Waals surface area contributed by atoms with E-state index in [2.05, 4.69) is 24.3 Å². The molecule has 0 saturated carbocycles. The highest BCUT2D eigenvalue weighted by Gasteiger charge is 2.12. The van der Waals surface area contributed by atoms with Gasteiger partial charge in [0, 0.05) is 0 Å². The Labute approximate surface area is 117 Å². The molecule has 0 radical (unpaired) electrons. The smallest absolute Gasteiger partial charge is 0.171 e. The van der Waals surface area contributed by atoms with Gasteiger partial charge in [0.1, 0.15) is 17.1 Å². The Morgan fingerprint density at radius 1 is 1.26 bits per heavy atom. The molecule has 0 amide bonds. The lowest BCUT2D eigenvalue weighted by Crippen LogP contribution is -1.99. The normalized spacial score (nSPS) is 10.3. The van der Waals surface area contributed by atoms with Crippen LogP contribution in [-0.2, 0) is 0 Å². The maximum atomic E-state index is 9.02. The number of nitriles is 1. The van der Waals surface area contributed by atoms with Crippen molar-refractivity contribution in [2.75, 3.05) is 5.32 Å². The van der Waals surface area contributed by atoms with Gasteiger partial charge in [-0.05, 0) is 18.2 Å². The molecule has 8 heteroatoms. The van der Waals surface area contributed by atoms with Gasteiger partial charge < -0.3 is 5.32 Å². The molecule has 0 bridgehead atoms. The fourth-order valence-corrected chi connectivity index (χ4v) is 2.32. The van der Waals surface area contributed by atoms with Gasteiger partial charge in [-0.15, -0.1) is 5.10 Å². The summed E-state index contributed by atoms with van der Waals surface area (Å²) in [6.07, 6.45) is 1.45. The first-order valence-corrected chi connectivity index (χ1v) is 6.30. The van der Waals surface area contributed by atoms with Crippen LogP contribution >= 0.6 is 23.3 Å². The monoisotopic (exact) mass is 288 g/mol. The SMILES string of the molecule is N#Cc1ccnnc1Nc1c(Cl)ccc2nsnc12. The predicted octanol–water partition coefficient (Wildman–Crippen LogP) is 2.75. The second-order valence-corrected chi connectivity index (χ2v) is 4.52. The Hall–Kier alpha value is -2.30. The highest BCUT2D eigenvalue weighted by Crippen LogP contribution is 2.32. The zero-order chi connectivity index (χ0) is 13.2. The van der Waals surface area contributed by atoms with Crippen LogP contribution in [0.25, 0.3) is 11.0 Å². The van der Waals surface area contributed by atoms with E-state index in [1.54, 1.807) is 18.2 Å². The van der Waals surface area contributed by atoms with E-state index in [0.717, 1.165) is 17.2 Å². The molecule has 1 N–H and O–H groups in total. The molecule has 0 unspecified atom stereocenters. The molecule has 0 saturated heterocycles. The summed E-state index contributed by atoms with van der Waals surface area (Å²) < 4.78 is 8.32. The van der Waals surface area contributed by atoms with Crippen molar-refractivity contribution in [3.05, 3.63) is 35.0 Å². The zero-order valence-electron chi connectivity index (χ0n) is 9.33. The Balaban J connectivity index is 2.13. The third kappa shape index (κ3) is 2.07. The summed E-state index contributed by atoms with van der Waals surface area (Å²) in [6.45, 7) is 0. The summed E-state index contributed by atoms with van der Waals surface area (Å²) >= 11 is 7.25. The molecule has 0 aliphatic heterocycles. The van der Waals surface area contributed by atoms with E-state index in [-0.39, 0.29) is 0 Å². The lowest BCUT2D eigenvalue weighted by Gasteiger charge is -2.08. The highest BCUT2D eigenvalue weighted by atomic mass is 35.5. The van der Waals surface area contributed by atoms with Crippen molar-refractivity contribution in [3.8, 4) is 6.07 Å². The number of hydrogen-bond donors (Lipinski definition) is 1. The molecule has 19 heavy (non-hydrogen) atoms. The van der Waals surface area contributed by atoms with Crippen LogP contribution < -0.4 is 5.32 Å². The number of hydrogen-bond acceptors (Lipinski definition) is 7. The molecule has 6 nitrogen and oxygen atoms in total. The van der Waals surface area contributed by atoms with E-state index < -0.39 is 0 Å². The topological polar surface area (TPSA) is 87.4 Å². The maximum Gasteiger partial charge on any atom is 0.171 e. The van der Waals surface area contributed by atoms with Crippen LogP contribution in [0.4, 0.5) is 11.5 Å². The van der Waals surface area contributed by atoms with E-state index in [0.29, 0.717) is 27.6 Å². The van der Waals surface area contributed by atoms with Crippen molar-refractivity contribution in [3.63, 3.8) is 0 Å². The van der Waals surface area contributed by atoms with Crippen molar-refractivity contribution < 1.29 is 0 Å². The molecular formula is C11H5ClN6S. The van der Waals surface area contributed by atoms with Gasteiger partial charge >= 0.3 is 0 Å². The standard InChI is InChI=1S/C11H5ClN6S/c12-7-1-2-8-10(18-19-17-8)9(7)15-11-6(5-13)3-4-14-16-11/h1-4H,(H,15,16). The van der Waals surface area contributed by atoms with Gasteiger partial charge in [0.15, 0.2) is 5.82 Å². The minimum Gasteiger partial charge on any atom is -0.335 e. The fraction of sp³-hybridized carbons (Fsp3) is 0. The first-order valence-electron chi connectivity index (χ1n) is 5.19. The second kappa shape index (κ2) is 4.76. The first kappa shape index (κ1) is 11.8. The molecular weight excluding hydrogens is 284 g/mol. The number of anilines is 2. The predicted molar refractivity (Wildman–Crippen MR) is 72.5 cm³/mol. The van der Waals surface area contributed by atoms with Gasteiger partial charge in [-0.2, -0.15) is 19.1 Å². The van der Waals surface area contributed by atoms with Gasteiger partial charge in [0.05, 0.1) is 34.2 Å². The quantitative estimate of drug-likeness (QED) is 0.780. The van der Waals surface area contributed by atoms with Crippen molar-refractivity contribution >= 4 is 45.9 Å². The molecule has 1 aromatic carbocycles. The molecule has 0 aliphatic carbocycles. The van der Waals surface area contributed by atoms with Gasteiger partial charge in [-0.25, -0.2) is 0 Å². The molecule has 0 spiro atoms. The molecule has 0 aliphatic rings. The Morgan fingerprint density at radius 2 is 2.16 bits per heavy atom. The van der Waals surface area contributed by atoms with Crippen molar-refractivity contribution in [2.45, 2.75) is 0 Å². The largest absolute Gasteiger partial charge is 0.335 e. The Kier molecular flexibility index (Phi) is 2.95. The van der Waals surface area contributed by atoms with Crippen LogP contribution in [-0.4, -0.2) is 18.9 Å². The molecule has 92 valence electrons. The molecule has 3 rings (SSSR count). The van der Waals surface area contributed by atoms with Crippen LogP contribution in [0.3, 0.4) is 0 Å². The number of halogens is 1. The second-order valence-electron chi connectivity index (χ2n) is 3.58. The van der Waals surface area contributed by atoms with E-state index in [4.69, 9.17) is 16.9 Å². The van der Waals surface area contributed by atoms with Crippen molar-refractivity contribution in [1.29, 1.82) is 5.26 Å². The molecule has 2 aromatic heterocycles. The summed E-state index contributed by atoms with van der Waals surface area (Å²) in [4.78, 5) is 0. The maximum absolute atomic E-state index is 9.02. The molecule has 0 atom stereocenters. The van der Waals surface area contributed by atoms with Crippen LogP contribution in [0.1, 0.15) is 5.56 Å². The van der Waals surface area contributed by atoms with Gasteiger partial charge in [-0.3, -0.25) is 0 Å². The Bertz CT molecular complexity index is 793. The molecule has 0 fully saturated rings. The third-order valence-corrected chi connectivity index (χ3v) is 3.32. The van der Waals surface area contributed by atoms with E-state index in [1.165, 1.54) is 6.20 Å². The first-order chi connectivity index (χ1) is 9.29. The number of nitrogens with zero attached hydrogens (tertiary/aromatic N) is 5. The van der Waals surface area contributed by atoms with E-state index in [9.17, 15) is 0 Å². The third-order valence-electron chi connectivity index (χ3n) is 2.46. The van der Waals surface area contributed by atoms with E-state index in [1.807, 2.05) is 6.07 Å². The van der Waals surface area contributed by atoms with Crippen LogP contribution in [0, 0.1) is 11.3 Å². The van der Waals surface area contributed by atoms with Crippen LogP contribution in [0.2, 0.25) is 5.02 Å². The van der Waals surface area contributed by atoms with E-state index >= 15 is 0 Å². The summed E-state index contributed by atoms with van der Waals surface area (Å²) in [6, 6.07) is 7.11. The molecule has 2 heterocycles. The average Bonchev–Trinajstić information content (AvgIpc) is 2.91. The summed E-state index contributed by atoms with van der Waals surface area (Å²) in [7, 11) is 0. The van der Waals surface area contributed by atoms with Crippen LogP contribution in [0.15, 0.2) is 24.4 Å². The van der Waals surface area contributed by atoms with Gasteiger partial charge in [0.2, 0.25) is 0 Å². The summed E-state index contributed by atoms with van der Waals surface area (Å²) in [5.41, 5.74) is 2.34. The minimum absolute atomic E-state index is 0.340. The average molecular weight is 289 g/mol. The van der Waals surface area contributed by atoms with Crippen molar-refractivity contribution in [1.82, 2.24) is 18.9 Å². The van der Waals surface area contributed by atoms with Crippen molar-refractivity contribution in [2.24, 2.45) is 0 Å². The number of fused-ring (bicyclic) bond motifs is 1. The fourth-order valence-electron chi connectivity index (χ4n) is 1.58. The van der Waals surface area contributed by atoms with Gasteiger partial charge in [-0.1, -0.05) is 11.6 Å².